The topological polar surface area (TPSA) is 88.1 Å². The molecule has 0 aliphatic carbocycles. The van der Waals surface area contributed by atoms with Gasteiger partial charge in [0.15, 0.2) is 0 Å². The summed E-state index contributed by atoms with van der Waals surface area (Å²) in [4.78, 5) is 12.6. The number of hydrazone groups is 1. The second kappa shape index (κ2) is 10.7. The molecule has 1 N–H and O–H groups in total. The zero-order valence-corrected chi connectivity index (χ0v) is 19.0. The summed E-state index contributed by atoms with van der Waals surface area (Å²) in [6.07, 6.45) is 0. The van der Waals surface area contributed by atoms with Crippen molar-refractivity contribution in [2.45, 2.75) is 18.7 Å². The summed E-state index contributed by atoms with van der Waals surface area (Å²) in [5.41, 5.74) is 3.85. The van der Waals surface area contributed by atoms with E-state index in [2.05, 4.69) is 10.5 Å². The summed E-state index contributed by atoms with van der Waals surface area (Å²) < 4.78 is 46.1. The molecule has 9 heteroatoms. The summed E-state index contributed by atoms with van der Waals surface area (Å²) in [6.45, 7) is 3.62. The van der Waals surface area contributed by atoms with Crippen LogP contribution in [0.4, 0.5) is 10.1 Å². The van der Waals surface area contributed by atoms with E-state index in [4.69, 9.17) is 4.74 Å². The van der Waals surface area contributed by atoms with Crippen molar-refractivity contribution in [3.8, 4) is 5.75 Å². The molecule has 0 bridgehead atoms. The molecule has 7 nitrogen and oxygen atoms in total. The first-order valence-electron chi connectivity index (χ1n) is 10.2. The highest BCUT2D eigenvalue weighted by atomic mass is 32.2. The second-order valence-electron chi connectivity index (χ2n) is 6.99. The number of nitrogens with zero attached hydrogens (tertiary/aromatic N) is 2. The molecule has 0 spiro atoms. The van der Waals surface area contributed by atoms with Gasteiger partial charge in [0.1, 0.15) is 18.1 Å². The summed E-state index contributed by atoms with van der Waals surface area (Å²) in [5, 5.41) is 4.08. The van der Waals surface area contributed by atoms with E-state index in [1.807, 2.05) is 6.92 Å². The number of benzene rings is 3. The minimum Gasteiger partial charge on any atom is -0.494 e. The molecule has 172 valence electrons. The van der Waals surface area contributed by atoms with E-state index in [-0.39, 0.29) is 10.6 Å². The molecule has 3 rings (SSSR count). The van der Waals surface area contributed by atoms with Crippen LogP contribution in [0.5, 0.6) is 5.75 Å². The second-order valence-corrected chi connectivity index (χ2v) is 8.85. The minimum atomic E-state index is -4.08. The van der Waals surface area contributed by atoms with Gasteiger partial charge in [0, 0.05) is 0 Å². The van der Waals surface area contributed by atoms with Gasteiger partial charge in [0.25, 0.3) is 15.9 Å². The molecule has 0 unspecified atom stereocenters. The highest BCUT2D eigenvalue weighted by molar-refractivity contribution is 7.92. The Morgan fingerprint density at radius 2 is 1.64 bits per heavy atom. The Kier molecular flexibility index (Phi) is 7.78. The Hall–Kier alpha value is -3.72. The van der Waals surface area contributed by atoms with Crippen LogP contribution in [0.3, 0.4) is 0 Å². The van der Waals surface area contributed by atoms with Crippen LogP contribution in [0.25, 0.3) is 0 Å². The molecule has 0 atom stereocenters. The highest BCUT2D eigenvalue weighted by Gasteiger charge is 2.27. The van der Waals surface area contributed by atoms with E-state index in [0.29, 0.717) is 12.3 Å². The van der Waals surface area contributed by atoms with Crippen molar-refractivity contribution in [2.24, 2.45) is 5.10 Å². The predicted molar refractivity (Wildman–Crippen MR) is 125 cm³/mol. The summed E-state index contributed by atoms with van der Waals surface area (Å²) >= 11 is 0. The summed E-state index contributed by atoms with van der Waals surface area (Å²) in [5.74, 6) is -0.445. The molecular formula is C24H24FN3O4S. The molecule has 0 aromatic heterocycles. The van der Waals surface area contributed by atoms with Crippen LogP contribution >= 0.6 is 0 Å². The fraction of sp³-hybridized carbons (Fsp3) is 0.167. The normalized spacial score (nSPS) is 11.7. The lowest BCUT2D eigenvalue weighted by molar-refractivity contribution is -0.119. The van der Waals surface area contributed by atoms with Crippen molar-refractivity contribution in [1.82, 2.24) is 5.43 Å². The lowest BCUT2D eigenvalue weighted by atomic mass is 10.1. The van der Waals surface area contributed by atoms with Gasteiger partial charge in [-0.15, -0.1) is 0 Å². The number of carbonyl (C=O) groups is 1. The van der Waals surface area contributed by atoms with Crippen molar-refractivity contribution >= 4 is 27.3 Å². The molecule has 0 saturated heterocycles. The van der Waals surface area contributed by atoms with Crippen molar-refractivity contribution in [1.29, 1.82) is 0 Å². The van der Waals surface area contributed by atoms with Gasteiger partial charge in [-0.2, -0.15) is 5.10 Å². The molecule has 1 amide bonds. The van der Waals surface area contributed by atoms with Gasteiger partial charge in [-0.3, -0.25) is 9.10 Å². The van der Waals surface area contributed by atoms with Gasteiger partial charge in [0.05, 0.1) is 22.9 Å². The maximum Gasteiger partial charge on any atom is 0.264 e. The zero-order chi connectivity index (χ0) is 23.8. The third kappa shape index (κ3) is 6.17. The standard InChI is InChI=1S/C24H24FN3O4S/c1-3-32-22-15-9-19(10-16-22)18(2)26-27-24(29)17-28(21-13-11-20(25)12-14-21)33(30,31)23-7-5-4-6-8-23/h4-16H,3,17H2,1-2H3,(H,27,29)/b26-18-. The zero-order valence-electron chi connectivity index (χ0n) is 18.2. The molecule has 3 aromatic rings. The Labute approximate surface area is 192 Å². The number of halogens is 1. The van der Waals surface area contributed by atoms with Crippen LogP contribution in [0.15, 0.2) is 88.9 Å². The Balaban J connectivity index is 1.80. The molecule has 0 fully saturated rings. The Morgan fingerprint density at radius 1 is 1.00 bits per heavy atom. The van der Waals surface area contributed by atoms with E-state index in [1.54, 1.807) is 49.4 Å². The average Bonchev–Trinajstić information content (AvgIpc) is 2.83. The number of amides is 1. The van der Waals surface area contributed by atoms with E-state index in [9.17, 15) is 17.6 Å². The van der Waals surface area contributed by atoms with Gasteiger partial charge in [-0.25, -0.2) is 18.2 Å². The average molecular weight is 470 g/mol. The third-order valence-corrected chi connectivity index (χ3v) is 6.45. The van der Waals surface area contributed by atoms with Crippen LogP contribution in [0.2, 0.25) is 0 Å². The Morgan fingerprint density at radius 3 is 2.24 bits per heavy atom. The first-order valence-corrected chi connectivity index (χ1v) is 11.6. The first-order chi connectivity index (χ1) is 15.8. The van der Waals surface area contributed by atoms with Crippen molar-refractivity contribution in [2.75, 3.05) is 17.5 Å². The smallest absolute Gasteiger partial charge is 0.264 e. The number of hydrogen-bond acceptors (Lipinski definition) is 5. The van der Waals surface area contributed by atoms with Crippen molar-refractivity contribution < 1.29 is 22.3 Å². The highest BCUT2D eigenvalue weighted by Crippen LogP contribution is 2.23. The molecule has 33 heavy (non-hydrogen) atoms. The van der Waals surface area contributed by atoms with E-state index in [0.717, 1.165) is 27.8 Å². The number of nitrogens with one attached hydrogen (secondary N) is 1. The minimum absolute atomic E-state index is 0.0104. The van der Waals surface area contributed by atoms with Crippen LogP contribution in [-0.2, 0) is 14.8 Å². The van der Waals surface area contributed by atoms with Gasteiger partial charge in [-0.1, -0.05) is 18.2 Å². The number of hydrogen-bond donors (Lipinski definition) is 1. The molecule has 0 radical (unpaired) electrons. The predicted octanol–water partition coefficient (Wildman–Crippen LogP) is 3.96. The van der Waals surface area contributed by atoms with E-state index < -0.39 is 28.3 Å². The van der Waals surface area contributed by atoms with Crippen molar-refractivity contribution in [3.63, 3.8) is 0 Å². The monoisotopic (exact) mass is 469 g/mol. The molecule has 0 aliphatic rings. The maximum atomic E-state index is 13.4. The van der Waals surface area contributed by atoms with Crippen LogP contribution < -0.4 is 14.5 Å². The van der Waals surface area contributed by atoms with Gasteiger partial charge >= 0.3 is 0 Å². The molecule has 0 saturated carbocycles. The Bertz CT molecular complexity index is 1210. The number of sulfonamides is 1. The van der Waals surface area contributed by atoms with E-state index in [1.165, 1.54) is 24.3 Å². The quantitative estimate of drug-likeness (QED) is 0.380. The lowest BCUT2D eigenvalue weighted by Crippen LogP contribution is -2.39. The fourth-order valence-corrected chi connectivity index (χ4v) is 4.42. The van der Waals surface area contributed by atoms with Crippen molar-refractivity contribution in [3.05, 3.63) is 90.2 Å². The SMILES string of the molecule is CCOc1ccc(/C(C)=N\NC(=O)CN(c2ccc(F)cc2)S(=O)(=O)c2ccccc2)cc1. The molecule has 3 aromatic carbocycles. The number of ether oxygens (including phenoxy) is 1. The van der Waals surface area contributed by atoms with E-state index >= 15 is 0 Å². The number of anilines is 1. The van der Waals surface area contributed by atoms with Gasteiger partial charge in [0.2, 0.25) is 0 Å². The largest absolute Gasteiger partial charge is 0.494 e. The van der Waals surface area contributed by atoms with Gasteiger partial charge in [-0.05, 0) is 80.1 Å². The fourth-order valence-electron chi connectivity index (χ4n) is 2.98. The molecule has 0 aliphatic heterocycles. The van der Waals surface area contributed by atoms with Crippen LogP contribution in [0.1, 0.15) is 19.4 Å². The number of rotatable bonds is 9. The lowest BCUT2D eigenvalue weighted by Gasteiger charge is -2.23. The number of carbonyl (C=O) groups excluding carboxylic acids is 1. The summed E-state index contributed by atoms with van der Waals surface area (Å²) in [6, 6.07) is 19.8. The summed E-state index contributed by atoms with van der Waals surface area (Å²) in [7, 11) is -4.08. The van der Waals surface area contributed by atoms with Crippen LogP contribution in [0, 0.1) is 5.82 Å². The maximum absolute atomic E-state index is 13.4. The van der Waals surface area contributed by atoms with Gasteiger partial charge < -0.3 is 4.74 Å². The third-order valence-electron chi connectivity index (χ3n) is 4.66. The van der Waals surface area contributed by atoms with Crippen LogP contribution in [-0.4, -0.2) is 33.2 Å². The molecular weight excluding hydrogens is 445 g/mol. The first kappa shape index (κ1) is 23.9. The molecule has 0 heterocycles.